The van der Waals surface area contributed by atoms with Crippen LogP contribution in [-0.4, -0.2) is 30.9 Å². The van der Waals surface area contributed by atoms with E-state index in [1.807, 2.05) is 32.0 Å². The van der Waals surface area contributed by atoms with Gasteiger partial charge in [0.1, 0.15) is 5.82 Å². The summed E-state index contributed by atoms with van der Waals surface area (Å²) in [5, 5.41) is 2.51. The Hall–Kier alpha value is -3.22. The SMILES string of the molecule is Cc1cccc(N2C[C@H](C(=O)OCC(=O)NCc3ccccc3F)CC2=O)c1C. The van der Waals surface area contributed by atoms with E-state index in [9.17, 15) is 18.8 Å². The Labute approximate surface area is 168 Å². The number of esters is 1. The Kier molecular flexibility index (Phi) is 6.26. The third-order valence-electron chi connectivity index (χ3n) is 5.10. The van der Waals surface area contributed by atoms with E-state index in [0.717, 1.165) is 16.8 Å². The van der Waals surface area contributed by atoms with Crippen molar-refractivity contribution in [3.05, 3.63) is 65.0 Å². The summed E-state index contributed by atoms with van der Waals surface area (Å²) in [7, 11) is 0. The number of benzene rings is 2. The van der Waals surface area contributed by atoms with Gasteiger partial charge in [0.05, 0.1) is 5.92 Å². The Morgan fingerprint density at radius 2 is 1.93 bits per heavy atom. The average Bonchev–Trinajstić information content (AvgIpc) is 3.09. The summed E-state index contributed by atoms with van der Waals surface area (Å²) in [5.74, 6) is -2.31. The molecule has 1 heterocycles. The number of rotatable bonds is 6. The molecule has 29 heavy (non-hydrogen) atoms. The molecule has 2 aromatic carbocycles. The molecule has 7 heteroatoms. The van der Waals surface area contributed by atoms with E-state index in [-0.39, 0.29) is 25.4 Å². The van der Waals surface area contributed by atoms with Crippen LogP contribution in [0.4, 0.5) is 10.1 Å². The molecule has 2 aromatic rings. The first-order valence-corrected chi connectivity index (χ1v) is 9.40. The molecule has 0 bridgehead atoms. The summed E-state index contributed by atoms with van der Waals surface area (Å²) in [6.45, 7) is 3.65. The van der Waals surface area contributed by atoms with Gasteiger partial charge in [0.2, 0.25) is 5.91 Å². The first-order chi connectivity index (χ1) is 13.9. The van der Waals surface area contributed by atoms with Crippen molar-refractivity contribution in [2.24, 2.45) is 5.92 Å². The average molecular weight is 398 g/mol. The standard InChI is InChI=1S/C22H23FN2O4/c1-14-6-5-9-19(15(14)2)25-12-17(10-21(25)27)22(28)29-13-20(26)24-11-16-7-3-4-8-18(16)23/h3-9,17H,10-13H2,1-2H3,(H,24,26)/t17-/m1/s1. The van der Waals surface area contributed by atoms with Crippen LogP contribution in [0.2, 0.25) is 0 Å². The molecule has 2 amide bonds. The van der Waals surface area contributed by atoms with Gasteiger partial charge in [0.25, 0.3) is 5.91 Å². The quantitative estimate of drug-likeness (QED) is 0.759. The lowest BCUT2D eigenvalue weighted by Gasteiger charge is -2.20. The maximum absolute atomic E-state index is 13.6. The number of halogens is 1. The highest BCUT2D eigenvalue weighted by Crippen LogP contribution is 2.29. The maximum Gasteiger partial charge on any atom is 0.311 e. The molecule has 0 radical (unpaired) electrons. The zero-order chi connectivity index (χ0) is 21.0. The molecular weight excluding hydrogens is 375 g/mol. The van der Waals surface area contributed by atoms with E-state index in [4.69, 9.17) is 4.74 Å². The molecular formula is C22H23FN2O4. The molecule has 0 unspecified atom stereocenters. The largest absolute Gasteiger partial charge is 0.455 e. The van der Waals surface area contributed by atoms with Gasteiger partial charge in [-0.2, -0.15) is 0 Å². The molecule has 1 fully saturated rings. The van der Waals surface area contributed by atoms with Crippen LogP contribution >= 0.6 is 0 Å². The second kappa shape index (κ2) is 8.86. The van der Waals surface area contributed by atoms with Gasteiger partial charge in [-0.25, -0.2) is 4.39 Å². The van der Waals surface area contributed by atoms with Crippen LogP contribution in [0.25, 0.3) is 0 Å². The minimum absolute atomic E-state index is 0.00534. The summed E-state index contributed by atoms with van der Waals surface area (Å²) in [6, 6.07) is 11.8. The number of anilines is 1. The lowest BCUT2D eigenvalue weighted by atomic mass is 10.1. The minimum Gasteiger partial charge on any atom is -0.455 e. The zero-order valence-corrected chi connectivity index (χ0v) is 16.4. The van der Waals surface area contributed by atoms with E-state index in [1.54, 1.807) is 23.1 Å². The molecule has 1 aliphatic rings. The van der Waals surface area contributed by atoms with Gasteiger partial charge >= 0.3 is 5.97 Å². The fourth-order valence-electron chi connectivity index (χ4n) is 3.27. The number of nitrogens with zero attached hydrogens (tertiary/aromatic N) is 1. The number of aryl methyl sites for hydroxylation is 1. The molecule has 0 spiro atoms. The van der Waals surface area contributed by atoms with Crippen LogP contribution in [0, 0.1) is 25.6 Å². The van der Waals surface area contributed by atoms with Gasteiger partial charge in [0.15, 0.2) is 6.61 Å². The van der Waals surface area contributed by atoms with Gasteiger partial charge in [0, 0.05) is 30.8 Å². The number of carbonyl (C=O) groups excluding carboxylic acids is 3. The van der Waals surface area contributed by atoms with Crippen LogP contribution in [0.15, 0.2) is 42.5 Å². The molecule has 1 N–H and O–H groups in total. The zero-order valence-electron chi connectivity index (χ0n) is 16.4. The van der Waals surface area contributed by atoms with Crippen molar-refractivity contribution in [3.8, 4) is 0 Å². The molecule has 0 aliphatic carbocycles. The highest BCUT2D eigenvalue weighted by Gasteiger charge is 2.37. The number of hydrogen-bond donors (Lipinski definition) is 1. The van der Waals surface area contributed by atoms with Gasteiger partial charge in [-0.15, -0.1) is 0 Å². The van der Waals surface area contributed by atoms with E-state index in [1.165, 1.54) is 6.07 Å². The number of hydrogen-bond acceptors (Lipinski definition) is 4. The monoisotopic (exact) mass is 398 g/mol. The minimum atomic E-state index is -0.623. The normalized spacial score (nSPS) is 16.0. The third-order valence-corrected chi connectivity index (χ3v) is 5.10. The van der Waals surface area contributed by atoms with Crippen LogP contribution < -0.4 is 10.2 Å². The third kappa shape index (κ3) is 4.80. The molecule has 6 nitrogen and oxygen atoms in total. The Bertz CT molecular complexity index is 944. The molecule has 0 saturated carbocycles. The Morgan fingerprint density at radius 1 is 1.17 bits per heavy atom. The first kappa shape index (κ1) is 20.5. The smallest absolute Gasteiger partial charge is 0.311 e. The lowest BCUT2D eigenvalue weighted by Crippen LogP contribution is -2.31. The van der Waals surface area contributed by atoms with Gasteiger partial charge < -0.3 is 15.0 Å². The van der Waals surface area contributed by atoms with E-state index < -0.39 is 30.2 Å². The van der Waals surface area contributed by atoms with Crippen molar-refractivity contribution in [1.29, 1.82) is 0 Å². The van der Waals surface area contributed by atoms with E-state index >= 15 is 0 Å². The summed E-state index contributed by atoms with van der Waals surface area (Å²) in [4.78, 5) is 38.2. The van der Waals surface area contributed by atoms with Crippen LogP contribution in [0.5, 0.6) is 0 Å². The van der Waals surface area contributed by atoms with Crippen molar-refractivity contribution < 1.29 is 23.5 Å². The lowest BCUT2D eigenvalue weighted by molar-refractivity contribution is -0.152. The summed E-state index contributed by atoms with van der Waals surface area (Å²) in [6.07, 6.45) is 0.0447. The Morgan fingerprint density at radius 3 is 2.69 bits per heavy atom. The topological polar surface area (TPSA) is 75.7 Å². The number of nitrogens with one attached hydrogen (secondary N) is 1. The van der Waals surface area contributed by atoms with Crippen molar-refractivity contribution >= 4 is 23.5 Å². The fraction of sp³-hybridized carbons (Fsp3) is 0.318. The van der Waals surface area contributed by atoms with Crippen molar-refractivity contribution in [1.82, 2.24) is 5.32 Å². The molecule has 152 valence electrons. The molecule has 3 rings (SSSR count). The Balaban J connectivity index is 1.51. The fourth-order valence-corrected chi connectivity index (χ4v) is 3.27. The first-order valence-electron chi connectivity index (χ1n) is 9.40. The summed E-state index contributed by atoms with van der Waals surface area (Å²) < 4.78 is 18.6. The highest BCUT2D eigenvalue weighted by atomic mass is 19.1. The highest BCUT2D eigenvalue weighted by molar-refractivity contribution is 6.00. The second-order valence-electron chi connectivity index (χ2n) is 7.10. The van der Waals surface area contributed by atoms with Crippen LogP contribution in [0.3, 0.4) is 0 Å². The second-order valence-corrected chi connectivity index (χ2v) is 7.10. The van der Waals surface area contributed by atoms with Crippen LogP contribution in [0.1, 0.15) is 23.1 Å². The number of carbonyl (C=O) groups is 3. The van der Waals surface area contributed by atoms with E-state index in [2.05, 4.69) is 5.32 Å². The molecule has 1 aliphatic heterocycles. The predicted molar refractivity (Wildman–Crippen MR) is 106 cm³/mol. The molecule has 0 aromatic heterocycles. The number of amides is 2. The van der Waals surface area contributed by atoms with Crippen molar-refractivity contribution in [2.75, 3.05) is 18.1 Å². The van der Waals surface area contributed by atoms with Gasteiger partial charge in [-0.1, -0.05) is 30.3 Å². The van der Waals surface area contributed by atoms with Crippen LogP contribution in [-0.2, 0) is 25.7 Å². The van der Waals surface area contributed by atoms with Crippen molar-refractivity contribution in [3.63, 3.8) is 0 Å². The van der Waals surface area contributed by atoms with E-state index in [0.29, 0.717) is 5.56 Å². The molecule has 1 atom stereocenters. The van der Waals surface area contributed by atoms with Gasteiger partial charge in [-0.3, -0.25) is 14.4 Å². The molecule has 1 saturated heterocycles. The summed E-state index contributed by atoms with van der Waals surface area (Å²) in [5.41, 5.74) is 3.18. The number of ether oxygens (including phenoxy) is 1. The van der Waals surface area contributed by atoms with Crippen molar-refractivity contribution in [2.45, 2.75) is 26.8 Å². The summed E-state index contributed by atoms with van der Waals surface area (Å²) >= 11 is 0. The van der Waals surface area contributed by atoms with Gasteiger partial charge in [-0.05, 0) is 37.1 Å². The predicted octanol–water partition coefficient (Wildman–Crippen LogP) is 2.66. The maximum atomic E-state index is 13.6.